The van der Waals surface area contributed by atoms with Crippen molar-refractivity contribution < 1.29 is 14.3 Å². The van der Waals surface area contributed by atoms with Gasteiger partial charge < -0.3 is 19.4 Å². The Morgan fingerprint density at radius 2 is 2.15 bits per heavy atom. The molecule has 2 aromatic rings. The second kappa shape index (κ2) is 7.87. The molecule has 0 radical (unpaired) electrons. The predicted molar refractivity (Wildman–Crippen MR) is 105 cm³/mol. The first-order valence-corrected chi connectivity index (χ1v) is 9.35. The van der Waals surface area contributed by atoms with E-state index in [0.29, 0.717) is 33.8 Å². The van der Waals surface area contributed by atoms with Gasteiger partial charge in [-0.25, -0.2) is 0 Å². The number of amides is 1. The molecule has 142 valence electrons. The van der Waals surface area contributed by atoms with Crippen LogP contribution in [-0.2, 0) is 11.8 Å². The summed E-state index contributed by atoms with van der Waals surface area (Å²) in [6.45, 7) is 3.68. The molecule has 1 aromatic carbocycles. The summed E-state index contributed by atoms with van der Waals surface area (Å²) in [6, 6.07) is 5.34. The lowest BCUT2D eigenvalue weighted by Gasteiger charge is -2.28. The van der Waals surface area contributed by atoms with Gasteiger partial charge in [0.2, 0.25) is 5.91 Å². The fourth-order valence-electron chi connectivity index (χ4n) is 3.18. The van der Waals surface area contributed by atoms with E-state index in [2.05, 4.69) is 16.9 Å². The SMILES string of the molecule is C=CCSc1nc(=O)c2c(n1C)NC(=O)C[C@@H]2c1cc(OC)ccc1OC. The van der Waals surface area contributed by atoms with Crippen molar-refractivity contribution >= 4 is 23.5 Å². The molecule has 27 heavy (non-hydrogen) atoms. The van der Waals surface area contributed by atoms with E-state index in [-0.39, 0.29) is 17.9 Å². The van der Waals surface area contributed by atoms with Gasteiger partial charge in [0.05, 0.1) is 19.8 Å². The second-order valence-electron chi connectivity index (χ2n) is 6.03. The van der Waals surface area contributed by atoms with Crippen molar-refractivity contribution in [3.63, 3.8) is 0 Å². The summed E-state index contributed by atoms with van der Waals surface area (Å²) in [5, 5.41) is 3.35. The molecule has 0 bridgehead atoms. The summed E-state index contributed by atoms with van der Waals surface area (Å²) >= 11 is 1.38. The van der Waals surface area contributed by atoms with Gasteiger partial charge in [-0.2, -0.15) is 4.98 Å². The molecule has 7 nitrogen and oxygen atoms in total. The lowest BCUT2D eigenvalue weighted by molar-refractivity contribution is -0.116. The third-order valence-corrected chi connectivity index (χ3v) is 5.47. The molecule has 1 amide bonds. The number of benzene rings is 1. The predicted octanol–water partition coefficient (Wildman–Crippen LogP) is 2.55. The summed E-state index contributed by atoms with van der Waals surface area (Å²) in [5.41, 5.74) is 0.814. The quantitative estimate of drug-likeness (QED) is 0.466. The van der Waals surface area contributed by atoms with Gasteiger partial charge in [-0.3, -0.25) is 9.59 Å². The summed E-state index contributed by atoms with van der Waals surface area (Å²) in [5.74, 6) is 1.66. The smallest absolute Gasteiger partial charge is 0.279 e. The van der Waals surface area contributed by atoms with Crippen molar-refractivity contribution in [3.05, 3.63) is 52.3 Å². The van der Waals surface area contributed by atoms with Crippen molar-refractivity contribution in [1.82, 2.24) is 9.55 Å². The van der Waals surface area contributed by atoms with Crippen LogP contribution in [0.4, 0.5) is 5.82 Å². The van der Waals surface area contributed by atoms with Crippen molar-refractivity contribution in [2.75, 3.05) is 25.3 Å². The van der Waals surface area contributed by atoms with Crippen LogP contribution >= 0.6 is 11.8 Å². The molecule has 8 heteroatoms. The summed E-state index contributed by atoms with van der Waals surface area (Å²) in [6.07, 6.45) is 1.87. The van der Waals surface area contributed by atoms with Crippen LogP contribution < -0.4 is 20.3 Å². The van der Waals surface area contributed by atoms with E-state index < -0.39 is 5.92 Å². The Labute approximate surface area is 161 Å². The topological polar surface area (TPSA) is 82.5 Å². The number of hydrogen-bond donors (Lipinski definition) is 1. The first-order valence-electron chi connectivity index (χ1n) is 8.36. The van der Waals surface area contributed by atoms with Crippen LogP contribution in [0.25, 0.3) is 0 Å². The molecular weight excluding hydrogens is 366 g/mol. The van der Waals surface area contributed by atoms with E-state index in [1.165, 1.54) is 11.8 Å². The third-order valence-electron chi connectivity index (χ3n) is 4.44. The van der Waals surface area contributed by atoms with Gasteiger partial charge in [0, 0.05) is 30.7 Å². The molecule has 1 aliphatic rings. The van der Waals surface area contributed by atoms with Crippen LogP contribution in [0, 0.1) is 0 Å². The highest BCUT2D eigenvalue weighted by molar-refractivity contribution is 7.99. The molecule has 1 aromatic heterocycles. The minimum atomic E-state index is -0.469. The molecule has 0 unspecified atom stereocenters. The van der Waals surface area contributed by atoms with Gasteiger partial charge in [0.1, 0.15) is 17.3 Å². The maximum absolute atomic E-state index is 12.9. The van der Waals surface area contributed by atoms with Gasteiger partial charge in [-0.1, -0.05) is 17.8 Å². The number of nitrogens with one attached hydrogen (secondary N) is 1. The Balaban J connectivity index is 2.20. The van der Waals surface area contributed by atoms with Gasteiger partial charge in [-0.05, 0) is 18.2 Å². The van der Waals surface area contributed by atoms with E-state index in [0.717, 1.165) is 5.56 Å². The van der Waals surface area contributed by atoms with Crippen LogP contribution in [0.15, 0.2) is 40.8 Å². The highest BCUT2D eigenvalue weighted by atomic mass is 32.2. The molecule has 2 heterocycles. The van der Waals surface area contributed by atoms with E-state index in [1.807, 2.05) is 0 Å². The van der Waals surface area contributed by atoms with Crippen molar-refractivity contribution in [2.24, 2.45) is 7.05 Å². The van der Waals surface area contributed by atoms with Crippen LogP contribution in [0.1, 0.15) is 23.5 Å². The molecule has 0 aliphatic carbocycles. The number of thioether (sulfide) groups is 1. The Morgan fingerprint density at radius 3 is 2.81 bits per heavy atom. The number of carbonyl (C=O) groups is 1. The van der Waals surface area contributed by atoms with E-state index in [4.69, 9.17) is 9.47 Å². The maximum atomic E-state index is 12.9. The maximum Gasteiger partial charge on any atom is 0.279 e. The minimum Gasteiger partial charge on any atom is -0.497 e. The number of hydrogen-bond acceptors (Lipinski definition) is 6. The number of ether oxygens (including phenoxy) is 2. The molecule has 1 aliphatic heterocycles. The number of anilines is 1. The van der Waals surface area contributed by atoms with Crippen LogP contribution in [0.2, 0.25) is 0 Å². The normalized spacial score (nSPS) is 15.7. The fraction of sp³-hybridized carbons (Fsp3) is 0.316. The molecule has 0 fully saturated rings. The lowest BCUT2D eigenvalue weighted by Crippen LogP contribution is -2.33. The van der Waals surface area contributed by atoms with E-state index in [1.54, 1.807) is 50.1 Å². The zero-order chi connectivity index (χ0) is 19.6. The first kappa shape index (κ1) is 19.0. The Bertz CT molecular complexity index is 955. The second-order valence-corrected chi connectivity index (χ2v) is 7.02. The zero-order valence-electron chi connectivity index (χ0n) is 15.4. The molecule has 0 spiro atoms. The third kappa shape index (κ3) is 3.57. The number of nitrogens with zero attached hydrogens (tertiary/aromatic N) is 2. The fourth-order valence-corrected chi connectivity index (χ4v) is 3.87. The largest absolute Gasteiger partial charge is 0.497 e. The highest BCUT2D eigenvalue weighted by Crippen LogP contribution is 2.40. The Kier molecular flexibility index (Phi) is 5.55. The van der Waals surface area contributed by atoms with E-state index >= 15 is 0 Å². The average Bonchev–Trinajstić information content (AvgIpc) is 2.68. The first-order chi connectivity index (χ1) is 13.0. The molecule has 1 atom stereocenters. The van der Waals surface area contributed by atoms with Crippen LogP contribution in [0.5, 0.6) is 11.5 Å². The zero-order valence-corrected chi connectivity index (χ0v) is 16.3. The summed E-state index contributed by atoms with van der Waals surface area (Å²) in [7, 11) is 4.90. The molecule has 0 saturated carbocycles. The molecule has 1 N–H and O–H groups in total. The van der Waals surface area contributed by atoms with Gasteiger partial charge in [0.15, 0.2) is 5.16 Å². The van der Waals surface area contributed by atoms with Crippen molar-refractivity contribution in [1.29, 1.82) is 0 Å². The summed E-state index contributed by atoms with van der Waals surface area (Å²) < 4.78 is 12.5. The Hall–Kier alpha value is -2.74. The standard InChI is InChI=1S/C19H21N3O4S/c1-5-8-27-19-21-18(24)16-13(10-15(23)20-17(16)22(19)2)12-9-11(25-3)6-7-14(12)26-4/h5-7,9,13H,1,8,10H2,2-4H3,(H,20,23)/t13-/m1/s1. The number of methoxy groups -OCH3 is 2. The lowest BCUT2D eigenvalue weighted by atomic mass is 9.86. The number of rotatable bonds is 6. The highest BCUT2D eigenvalue weighted by Gasteiger charge is 2.33. The van der Waals surface area contributed by atoms with Crippen molar-refractivity contribution in [3.8, 4) is 11.5 Å². The number of fused-ring (bicyclic) bond motifs is 1. The summed E-state index contributed by atoms with van der Waals surface area (Å²) in [4.78, 5) is 29.5. The van der Waals surface area contributed by atoms with Crippen LogP contribution in [-0.4, -0.2) is 35.4 Å². The van der Waals surface area contributed by atoms with Crippen LogP contribution in [0.3, 0.4) is 0 Å². The van der Waals surface area contributed by atoms with Gasteiger partial charge in [0.25, 0.3) is 5.56 Å². The minimum absolute atomic E-state index is 0.132. The van der Waals surface area contributed by atoms with E-state index in [9.17, 15) is 9.59 Å². The van der Waals surface area contributed by atoms with Gasteiger partial charge in [-0.15, -0.1) is 6.58 Å². The monoisotopic (exact) mass is 387 g/mol. The van der Waals surface area contributed by atoms with Crippen molar-refractivity contribution in [2.45, 2.75) is 17.5 Å². The van der Waals surface area contributed by atoms with Gasteiger partial charge >= 0.3 is 0 Å². The molecule has 3 rings (SSSR count). The molecular formula is C19H21N3O4S. The average molecular weight is 387 g/mol. The molecule has 0 saturated heterocycles. The number of carbonyl (C=O) groups excluding carboxylic acids is 1. The number of aromatic nitrogens is 2. The Morgan fingerprint density at radius 1 is 1.37 bits per heavy atom.